The minimum absolute atomic E-state index is 0.134. The molecule has 0 radical (unpaired) electrons. The summed E-state index contributed by atoms with van der Waals surface area (Å²) in [5.74, 6) is 0.134. The molecule has 16 heavy (non-hydrogen) atoms. The van der Waals surface area contributed by atoms with E-state index in [1.54, 1.807) is 0 Å². The Hall–Kier alpha value is -0.610. The molecule has 1 aliphatic heterocycles. The van der Waals surface area contributed by atoms with Gasteiger partial charge in [-0.25, -0.2) is 0 Å². The smallest absolute Gasteiger partial charge is 0.234 e. The van der Waals surface area contributed by atoms with Gasteiger partial charge in [-0.1, -0.05) is 13.3 Å². The highest BCUT2D eigenvalue weighted by molar-refractivity contribution is 5.78. The van der Waals surface area contributed by atoms with Crippen LogP contribution < -0.4 is 11.1 Å². The van der Waals surface area contributed by atoms with E-state index in [1.165, 1.54) is 0 Å². The average Bonchev–Trinajstić information content (AvgIpc) is 2.17. The van der Waals surface area contributed by atoms with Crippen LogP contribution in [-0.2, 0) is 4.79 Å². The highest BCUT2D eigenvalue weighted by Crippen LogP contribution is 2.07. The first kappa shape index (κ1) is 13.5. The molecular weight excluding hydrogens is 202 g/mol. The van der Waals surface area contributed by atoms with Crippen molar-refractivity contribution in [2.24, 2.45) is 5.73 Å². The maximum atomic E-state index is 11.7. The van der Waals surface area contributed by atoms with Crippen LogP contribution in [0, 0.1) is 0 Å². The summed E-state index contributed by atoms with van der Waals surface area (Å²) in [5, 5.41) is 3.02. The van der Waals surface area contributed by atoms with Crippen LogP contribution in [0.15, 0.2) is 0 Å². The summed E-state index contributed by atoms with van der Waals surface area (Å²) >= 11 is 0. The van der Waals surface area contributed by atoms with Crippen molar-refractivity contribution in [3.8, 4) is 0 Å². The summed E-state index contributed by atoms with van der Waals surface area (Å²) in [4.78, 5) is 13.9. The lowest BCUT2D eigenvalue weighted by molar-refractivity contribution is -0.123. The van der Waals surface area contributed by atoms with Crippen molar-refractivity contribution in [3.63, 3.8) is 0 Å². The molecule has 0 aromatic rings. The number of carbonyl (C=O) groups excluding carboxylic acids is 1. The number of likely N-dealkylation sites (tertiary alicyclic amines) is 1. The van der Waals surface area contributed by atoms with Gasteiger partial charge < -0.3 is 11.1 Å². The quantitative estimate of drug-likeness (QED) is 0.727. The van der Waals surface area contributed by atoms with Gasteiger partial charge in [0, 0.05) is 18.6 Å². The Morgan fingerprint density at radius 1 is 1.62 bits per heavy atom. The third-order valence-corrected chi connectivity index (χ3v) is 3.04. The first-order chi connectivity index (χ1) is 7.61. The second-order valence-electron chi connectivity index (χ2n) is 4.89. The molecule has 2 atom stereocenters. The maximum Gasteiger partial charge on any atom is 0.234 e. The fourth-order valence-corrected chi connectivity index (χ4v) is 2.26. The molecule has 1 saturated heterocycles. The number of hydrogen-bond donors (Lipinski definition) is 2. The largest absolute Gasteiger partial charge is 0.353 e. The summed E-state index contributed by atoms with van der Waals surface area (Å²) in [6.07, 6.45) is 4.35. The van der Waals surface area contributed by atoms with E-state index < -0.39 is 0 Å². The van der Waals surface area contributed by atoms with Crippen molar-refractivity contribution in [3.05, 3.63) is 0 Å². The van der Waals surface area contributed by atoms with Crippen LogP contribution in [0.5, 0.6) is 0 Å². The fraction of sp³-hybridized carbons (Fsp3) is 0.917. The Balaban J connectivity index is 2.22. The van der Waals surface area contributed by atoms with Gasteiger partial charge >= 0.3 is 0 Å². The van der Waals surface area contributed by atoms with E-state index in [9.17, 15) is 4.79 Å². The minimum Gasteiger partial charge on any atom is -0.353 e. The van der Waals surface area contributed by atoms with E-state index in [0.29, 0.717) is 6.54 Å². The lowest BCUT2D eigenvalue weighted by Crippen LogP contribution is -2.48. The van der Waals surface area contributed by atoms with Gasteiger partial charge in [-0.05, 0) is 32.7 Å². The molecule has 1 rings (SSSR count). The Kier molecular flexibility index (Phi) is 5.77. The van der Waals surface area contributed by atoms with Crippen molar-refractivity contribution in [2.45, 2.75) is 51.6 Å². The number of nitrogens with two attached hydrogens (primary N) is 1. The molecule has 4 heteroatoms. The zero-order chi connectivity index (χ0) is 12.0. The number of hydrogen-bond acceptors (Lipinski definition) is 3. The van der Waals surface area contributed by atoms with E-state index in [4.69, 9.17) is 5.73 Å². The van der Waals surface area contributed by atoms with Crippen molar-refractivity contribution in [1.29, 1.82) is 0 Å². The van der Waals surface area contributed by atoms with Crippen LogP contribution in [0.1, 0.15) is 39.5 Å². The van der Waals surface area contributed by atoms with E-state index in [-0.39, 0.29) is 18.0 Å². The van der Waals surface area contributed by atoms with Gasteiger partial charge in [-0.3, -0.25) is 9.69 Å². The highest BCUT2D eigenvalue weighted by Gasteiger charge is 2.19. The molecule has 0 bridgehead atoms. The number of carbonyl (C=O) groups is 1. The van der Waals surface area contributed by atoms with Gasteiger partial charge in [0.05, 0.1) is 6.54 Å². The van der Waals surface area contributed by atoms with Crippen LogP contribution in [0.3, 0.4) is 0 Å². The maximum absolute atomic E-state index is 11.7. The lowest BCUT2D eigenvalue weighted by atomic mass is 10.1. The molecular formula is C12H25N3O. The number of piperidine rings is 1. The summed E-state index contributed by atoms with van der Waals surface area (Å²) in [6, 6.07) is 0.533. The molecule has 1 amide bonds. The second kappa shape index (κ2) is 6.86. The van der Waals surface area contributed by atoms with Crippen LogP contribution in [-0.4, -0.2) is 42.5 Å². The van der Waals surface area contributed by atoms with Crippen molar-refractivity contribution in [1.82, 2.24) is 10.2 Å². The highest BCUT2D eigenvalue weighted by atomic mass is 16.2. The molecule has 1 heterocycles. The average molecular weight is 227 g/mol. The van der Waals surface area contributed by atoms with E-state index >= 15 is 0 Å². The molecule has 0 aliphatic carbocycles. The predicted molar refractivity (Wildman–Crippen MR) is 66.2 cm³/mol. The molecule has 1 fully saturated rings. The van der Waals surface area contributed by atoms with Gasteiger partial charge in [-0.2, -0.15) is 0 Å². The third kappa shape index (κ3) is 4.94. The summed E-state index contributed by atoms with van der Waals surface area (Å²) in [6.45, 7) is 6.55. The molecule has 94 valence electrons. The Bertz CT molecular complexity index is 220. The van der Waals surface area contributed by atoms with Gasteiger partial charge in [0.2, 0.25) is 5.91 Å². The van der Waals surface area contributed by atoms with Crippen LogP contribution >= 0.6 is 0 Å². The Morgan fingerprint density at radius 2 is 2.38 bits per heavy atom. The van der Waals surface area contributed by atoms with Crippen molar-refractivity contribution < 1.29 is 4.79 Å². The lowest BCUT2D eigenvalue weighted by Gasteiger charge is -2.30. The predicted octanol–water partition coefficient (Wildman–Crippen LogP) is 0.714. The number of rotatable bonds is 5. The zero-order valence-electron chi connectivity index (χ0n) is 10.5. The van der Waals surface area contributed by atoms with Gasteiger partial charge in [0.25, 0.3) is 0 Å². The Morgan fingerprint density at radius 3 is 3.00 bits per heavy atom. The third-order valence-electron chi connectivity index (χ3n) is 3.04. The molecule has 0 aromatic carbocycles. The monoisotopic (exact) mass is 227 g/mol. The molecule has 1 aliphatic rings. The van der Waals surface area contributed by atoms with Gasteiger partial charge in [0.15, 0.2) is 0 Å². The first-order valence-corrected chi connectivity index (χ1v) is 6.39. The Labute approximate surface area is 98.6 Å². The summed E-state index contributed by atoms with van der Waals surface area (Å²) in [5.41, 5.74) is 5.88. The summed E-state index contributed by atoms with van der Waals surface area (Å²) in [7, 11) is 0. The standard InChI is InChI=1S/C12H25N3O/c1-3-5-10(2)14-12(16)9-15-7-4-6-11(13)8-15/h10-11H,3-9,13H2,1-2H3,(H,14,16)/t10?,11-/m1/s1. The fourth-order valence-electron chi connectivity index (χ4n) is 2.26. The summed E-state index contributed by atoms with van der Waals surface area (Å²) < 4.78 is 0. The van der Waals surface area contributed by atoms with Crippen LogP contribution in [0.2, 0.25) is 0 Å². The molecule has 0 saturated carbocycles. The van der Waals surface area contributed by atoms with Gasteiger partial charge in [-0.15, -0.1) is 0 Å². The minimum atomic E-state index is 0.134. The van der Waals surface area contributed by atoms with Crippen molar-refractivity contribution >= 4 is 5.91 Å². The molecule has 4 nitrogen and oxygen atoms in total. The van der Waals surface area contributed by atoms with E-state index in [1.807, 2.05) is 0 Å². The second-order valence-corrected chi connectivity index (χ2v) is 4.89. The molecule has 0 spiro atoms. The van der Waals surface area contributed by atoms with Crippen LogP contribution in [0.4, 0.5) is 0 Å². The van der Waals surface area contributed by atoms with Gasteiger partial charge in [0.1, 0.15) is 0 Å². The van der Waals surface area contributed by atoms with Crippen molar-refractivity contribution in [2.75, 3.05) is 19.6 Å². The molecule has 1 unspecified atom stereocenters. The number of amides is 1. The molecule has 3 N–H and O–H groups in total. The normalized spacial score (nSPS) is 24.1. The van der Waals surface area contributed by atoms with E-state index in [2.05, 4.69) is 24.1 Å². The SMILES string of the molecule is CCCC(C)NC(=O)CN1CCC[C@@H](N)C1. The number of nitrogens with zero attached hydrogens (tertiary/aromatic N) is 1. The van der Waals surface area contributed by atoms with E-state index in [0.717, 1.165) is 38.8 Å². The van der Waals surface area contributed by atoms with Crippen LogP contribution in [0.25, 0.3) is 0 Å². The zero-order valence-corrected chi connectivity index (χ0v) is 10.5. The number of nitrogens with one attached hydrogen (secondary N) is 1. The topological polar surface area (TPSA) is 58.4 Å². The first-order valence-electron chi connectivity index (χ1n) is 6.39. The molecule has 0 aromatic heterocycles.